The molecule has 0 aliphatic heterocycles. The lowest BCUT2D eigenvalue weighted by Crippen LogP contribution is -2.12. The Labute approximate surface area is 108 Å². The number of ketones is 1. The minimum atomic E-state index is -0.802. The number of esters is 1. The Morgan fingerprint density at radius 2 is 2.28 bits per heavy atom. The molecule has 0 fully saturated rings. The molecule has 0 aromatic carbocycles. The lowest BCUT2D eigenvalue weighted by atomic mass is 10.1. The monoisotopic (exact) mass is 267 g/mol. The smallest absolute Gasteiger partial charge is 0.343 e. The van der Waals surface area contributed by atoms with Crippen LogP contribution >= 0.6 is 11.3 Å². The van der Waals surface area contributed by atoms with E-state index in [2.05, 4.69) is 4.74 Å². The molecule has 2 N–H and O–H groups in total. The standard InChI is InChI=1S/C12H13NO4S/c1-2-17-12(16)8(7-13)9(14)6-10(15)11-4-3-5-18-11/h3-5,7,13-14H,2,6H2,1H3/b9-8+,13-7?. The van der Waals surface area contributed by atoms with Crippen molar-refractivity contribution in [2.24, 2.45) is 0 Å². The summed E-state index contributed by atoms with van der Waals surface area (Å²) in [5.41, 5.74) is -0.290. The zero-order chi connectivity index (χ0) is 13.5. The number of nitrogens with one attached hydrogen (secondary N) is 1. The van der Waals surface area contributed by atoms with Gasteiger partial charge in [0.15, 0.2) is 5.78 Å². The van der Waals surface area contributed by atoms with Crippen molar-refractivity contribution in [2.75, 3.05) is 6.61 Å². The molecule has 96 valence electrons. The number of aliphatic hydroxyl groups is 1. The van der Waals surface area contributed by atoms with E-state index in [-0.39, 0.29) is 24.4 Å². The molecule has 0 spiro atoms. The van der Waals surface area contributed by atoms with Gasteiger partial charge in [-0.25, -0.2) is 4.79 Å². The van der Waals surface area contributed by atoms with Crippen molar-refractivity contribution in [3.05, 3.63) is 33.7 Å². The van der Waals surface area contributed by atoms with Crippen LogP contribution in [0.5, 0.6) is 0 Å². The molecular weight excluding hydrogens is 254 g/mol. The van der Waals surface area contributed by atoms with E-state index in [0.717, 1.165) is 0 Å². The summed E-state index contributed by atoms with van der Waals surface area (Å²) in [6.45, 7) is 1.76. The highest BCUT2D eigenvalue weighted by molar-refractivity contribution is 7.12. The summed E-state index contributed by atoms with van der Waals surface area (Å²) in [7, 11) is 0. The number of allylic oxidation sites excluding steroid dienone is 1. The van der Waals surface area contributed by atoms with Gasteiger partial charge in [0.05, 0.1) is 17.9 Å². The van der Waals surface area contributed by atoms with Crippen molar-refractivity contribution in [1.29, 1.82) is 5.41 Å². The van der Waals surface area contributed by atoms with Crippen LogP contribution in [0, 0.1) is 5.41 Å². The largest absolute Gasteiger partial charge is 0.511 e. The molecule has 0 saturated carbocycles. The number of carbonyl (C=O) groups excluding carboxylic acids is 2. The summed E-state index contributed by atoms with van der Waals surface area (Å²) >= 11 is 1.25. The van der Waals surface area contributed by atoms with Crippen molar-refractivity contribution >= 4 is 29.3 Å². The number of thiophene rings is 1. The predicted octanol–water partition coefficient (Wildman–Crippen LogP) is 2.35. The molecule has 0 bridgehead atoms. The average Bonchev–Trinajstić information content (AvgIpc) is 2.83. The predicted molar refractivity (Wildman–Crippen MR) is 68.3 cm³/mol. The molecule has 0 unspecified atom stereocenters. The summed E-state index contributed by atoms with van der Waals surface area (Å²) < 4.78 is 4.67. The molecule has 5 nitrogen and oxygen atoms in total. The Bertz CT molecular complexity index is 476. The number of hydrogen-bond acceptors (Lipinski definition) is 6. The molecule has 1 aromatic heterocycles. The molecule has 0 saturated heterocycles. The Morgan fingerprint density at radius 1 is 1.56 bits per heavy atom. The Balaban J connectivity index is 2.83. The lowest BCUT2D eigenvalue weighted by molar-refractivity contribution is -0.138. The van der Waals surface area contributed by atoms with Gasteiger partial charge in [0, 0.05) is 6.21 Å². The fourth-order valence-electron chi connectivity index (χ4n) is 1.24. The third-order valence-corrected chi connectivity index (χ3v) is 2.99. The molecule has 6 heteroatoms. The van der Waals surface area contributed by atoms with E-state index in [1.165, 1.54) is 11.3 Å². The number of hydrogen-bond donors (Lipinski definition) is 2. The maximum atomic E-state index is 11.7. The molecule has 1 aromatic rings. The third kappa shape index (κ3) is 3.53. The first-order valence-corrected chi connectivity index (χ1v) is 6.14. The highest BCUT2D eigenvalue weighted by Crippen LogP contribution is 2.15. The maximum Gasteiger partial charge on any atom is 0.343 e. The van der Waals surface area contributed by atoms with Crippen molar-refractivity contribution < 1.29 is 19.4 Å². The van der Waals surface area contributed by atoms with Crippen LogP contribution < -0.4 is 0 Å². The van der Waals surface area contributed by atoms with E-state index in [9.17, 15) is 14.7 Å². The van der Waals surface area contributed by atoms with E-state index in [4.69, 9.17) is 5.41 Å². The van der Waals surface area contributed by atoms with Crippen LogP contribution in [0.1, 0.15) is 23.0 Å². The quantitative estimate of drug-likeness (QED) is 0.272. The van der Waals surface area contributed by atoms with Gasteiger partial charge < -0.3 is 15.3 Å². The molecule has 0 atom stereocenters. The number of aliphatic hydroxyl groups excluding tert-OH is 1. The topological polar surface area (TPSA) is 87.5 Å². The van der Waals surface area contributed by atoms with Crippen LogP contribution in [-0.2, 0) is 9.53 Å². The van der Waals surface area contributed by atoms with Gasteiger partial charge >= 0.3 is 5.97 Å². The second-order valence-corrected chi connectivity index (χ2v) is 4.25. The Morgan fingerprint density at radius 3 is 2.78 bits per heavy atom. The minimum absolute atomic E-state index is 0.141. The summed E-state index contributed by atoms with van der Waals surface area (Å²) in [6.07, 6.45) is 0.374. The fraction of sp³-hybridized carbons (Fsp3) is 0.250. The van der Waals surface area contributed by atoms with Crippen molar-refractivity contribution in [3.63, 3.8) is 0 Å². The van der Waals surface area contributed by atoms with Crippen LogP contribution in [0.4, 0.5) is 0 Å². The van der Waals surface area contributed by atoms with Crippen LogP contribution in [-0.4, -0.2) is 29.7 Å². The van der Waals surface area contributed by atoms with Crippen LogP contribution in [0.2, 0.25) is 0 Å². The SMILES string of the molecule is CCOC(=O)/C(C=N)=C(/O)CC(=O)c1cccs1. The summed E-state index contributed by atoms with van der Waals surface area (Å²) in [5, 5.41) is 18.5. The van der Waals surface area contributed by atoms with Crippen LogP contribution in [0.25, 0.3) is 0 Å². The summed E-state index contributed by atoms with van der Waals surface area (Å²) in [6, 6.07) is 3.36. The van der Waals surface area contributed by atoms with E-state index >= 15 is 0 Å². The molecule has 0 radical (unpaired) electrons. The normalized spacial score (nSPS) is 11.6. The van der Waals surface area contributed by atoms with Crippen molar-refractivity contribution in [3.8, 4) is 0 Å². The second-order valence-electron chi connectivity index (χ2n) is 3.30. The molecule has 1 heterocycles. The second kappa shape index (κ2) is 6.70. The first-order valence-electron chi connectivity index (χ1n) is 5.26. The summed E-state index contributed by atoms with van der Waals surface area (Å²) in [5.74, 6) is -1.54. The number of Topliss-reactive ketones (excluding diaryl/α,β-unsaturated/α-hetero) is 1. The molecule has 1 rings (SSSR count). The Hall–Kier alpha value is -1.95. The van der Waals surface area contributed by atoms with Gasteiger partial charge in [0.2, 0.25) is 0 Å². The van der Waals surface area contributed by atoms with Crippen molar-refractivity contribution in [1.82, 2.24) is 0 Å². The number of carbonyl (C=O) groups is 2. The highest BCUT2D eigenvalue weighted by Gasteiger charge is 2.17. The van der Waals surface area contributed by atoms with Gasteiger partial charge in [-0.1, -0.05) is 6.07 Å². The highest BCUT2D eigenvalue weighted by atomic mass is 32.1. The fourth-order valence-corrected chi connectivity index (χ4v) is 1.91. The van der Waals surface area contributed by atoms with Gasteiger partial charge in [-0.3, -0.25) is 4.79 Å². The zero-order valence-corrected chi connectivity index (χ0v) is 10.6. The van der Waals surface area contributed by atoms with Gasteiger partial charge in [0.25, 0.3) is 0 Å². The van der Waals surface area contributed by atoms with Gasteiger partial charge in [0.1, 0.15) is 11.3 Å². The Kier molecular flexibility index (Phi) is 5.26. The minimum Gasteiger partial charge on any atom is -0.511 e. The third-order valence-electron chi connectivity index (χ3n) is 2.07. The molecule has 0 aliphatic carbocycles. The zero-order valence-electron chi connectivity index (χ0n) is 9.80. The van der Waals surface area contributed by atoms with Gasteiger partial charge in [-0.2, -0.15) is 0 Å². The number of ether oxygens (including phenoxy) is 1. The molecule has 0 aliphatic rings. The van der Waals surface area contributed by atoms with E-state index in [1.807, 2.05) is 0 Å². The van der Waals surface area contributed by atoms with Gasteiger partial charge in [-0.05, 0) is 18.4 Å². The average molecular weight is 267 g/mol. The molecular formula is C12H13NO4S. The van der Waals surface area contributed by atoms with E-state index in [1.54, 1.807) is 24.4 Å². The van der Waals surface area contributed by atoms with E-state index < -0.39 is 11.7 Å². The first-order chi connectivity index (χ1) is 8.60. The lowest BCUT2D eigenvalue weighted by Gasteiger charge is -2.05. The van der Waals surface area contributed by atoms with E-state index in [0.29, 0.717) is 11.1 Å². The maximum absolute atomic E-state index is 11.7. The van der Waals surface area contributed by atoms with Crippen molar-refractivity contribution in [2.45, 2.75) is 13.3 Å². The molecule has 0 amide bonds. The van der Waals surface area contributed by atoms with Gasteiger partial charge in [-0.15, -0.1) is 11.3 Å². The van der Waals surface area contributed by atoms with Crippen LogP contribution in [0.15, 0.2) is 28.8 Å². The summed E-state index contributed by atoms with van der Waals surface area (Å²) in [4.78, 5) is 23.6. The van der Waals surface area contributed by atoms with Crippen LogP contribution in [0.3, 0.4) is 0 Å². The first kappa shape index (κ1) is 14.1. The molecule has 18 heavy (non-hydrogen) atoms. The number of rotatable bonds is 6.